The molecule has 1 amide bonds. The summed E-state index contributed by atoms with van der Waals surface area (Å²) in [5.41, 5.74) is 1.57. The van der Waals surface area contributed by atoms with Crippen LogP contribution in [0.3, 0.4) is 0 Å². The van der Waals surface area contributed by atoms with E-state index in [1.54, 1.807) is 45.3 Å². The lowest BCUT2D eigenvalue weighted by Crippen LogP contribution is -2.35. The largest absolute Gasteiger partial charge is 0.490 e. The molecule has 0 bridgehead atoms. The molecule has 162 valence electrons. The van der Waals surface area contributed by atoms with E-state index in [4.69, 9.17) is 14.2 Å². The van der Waals surface area contributed by atoms with Gasteiger partial charge in [0.05, 0.1) is 6.61 Å². The van der Waals surface area contributed by atoms with E-state index in [0.29, 0.717) is 29.2 Å². The number of ether oxygens (including phenoxy) is 3. The van der Waals surface area contributed by atoms with Gasteiger partial charge in [-0.05, 0) is 55.8 Å². The Labute approximate surface area is 189 Å². The number of esters is 1. The molecule has 0 radical (unpaired) electrons. The zero-order chi connectivity index (χ0) is 22.5. The number of hydrogen-bond acceptors (Lipinski definition) is 6. The molecule has 7 nitrogen and oxygen atoms in total. The number of carbonyl (C=O) groups excluding carboxylic acids is 2. The Bertz CT molecular complexity index is 1060. The number of halogens is 1. The summed E-state index contributed by atoms with van der Waals surface area (Å²) in [6.45, 7) is 3.95. The summed E-state index contributed by atoms with van der Waals surface area (Å²) < 4.78 is 17.6. The fourth-order valence-electron chi connectivity index (χ4n) is 2.90. The number of nitrogens with zero attached hydrogens (tertiary/aromatic N) is 2. The van der Waals surface area contributed by atoms with Crippen LogP contribution in [-0.2, 0) is 14.3 Å². The van der Waals surface area contributed by atoms with Crippen molar-refractivity contribution in [2.24, 2.45) is 4.99 Å². The Hall–Kier alpha value is -3.13. The van der Waals surface area contributed by atoms with Crippen molar-refractivity contribution in [1.29, 1.82) is 0 Å². The average molecular weight is 487 g/mol. The summed E-state index contributed by atoms with van der Waals surface area (Å²) in [4.78, 5) is 30.2. The van der Waals surface area contributed by atoms with Gasteiger partial charge in [0.1, 0.15) is 0 Å². The monoisotopic (exact) mass is 486 g/mol. The molecule has 1 aliphatic heterocycles. The minimum absolute atomic E-state index is 0.156. The van der Waals surface area contributed by atoms with E-state index >= 15 is 0 Å². The van der Waals surface area contributed by atoms with E-state index in [0.717, 1.165) is 4.47 Å². The molecule has 31 heavy (non-hydrogen) atoms. The number of aliphatic imine (C=N–C) groups is 1. The molecular formula is C23H23BrN2O5. The molecule has 0 aliphatic carbocycles. The summed E-state index contributed by atoms with van der Waals surface area (Å²) in [5.74, 6) is 0.477. The molecule has 1 unspecified atom stereocenters. The zero-order valence-electron chi connectivity index (χ0n) is 17.7. The van der Waals surface area contributed by atoms with Crippen LogP contribution in [0.25, 0.3) is 6.08 Å². The molecule has 2 aromatic rings. The molecule has 8 heteroatoms. The number of amides is 1. The van der Waals surface area contributed by atoms with Crippen LogP contribution in [0, 0.1) is 0 Å². The highest BCUT2D eigenvalue weighted by Gasteiger charge is 2.24. The van der Waals surface area contributed by atoms with Crippen molar-refractivity contribution in [2.45, 2.75) is 20.0 Å². The van der Waals surface area contributed by atoms with Gasteiger partial charge in [0.25, 0.3) is 5.91 Å². The minimum atomic E-state index is -0.666. The first-order valence-corrected chi connectivity index (χ1v) is 10.5. The zero-order valence-corrected chi connectivity index (χ0v) is 19.3. The van der Waals surface area contributed by atoms with Crippen molar-refractivity contribution in [3.8, 4) is 11.5 Å². The minimum Gasteiger partial charge on any atom is -0.490 e. The van der Waals surface area contributed by atoms with Crippen molar-refractivity contribution in [1.82, 2.24) is 4.90 Å². The quantitative estimate of drug-likeness (QED) is 0.435. The standard InChI is InChI=1S/C23H23BrN2O5/c1-5-29-20-12-15(9-10-19(20)30-14(2)22(27)26(3)4)11-18-23(28)31-21(25-18)16-7-6-8-17(24)13-16/h6-14H,5H2,1-4H3/b18-11-. The van der Waals surface area contributed by atoms with Crippen molar-refractivity contribution in [3.63, 3.8) is 0 Å². The Balaban J connectivity index is 1.87. The number of likely N-dealkylation sites (N-methyl/N-ethyl adjacent to an activating group) is 1. The summed E-state index contributed by atoms with van der Waals surface area (Å²) in [6.07, 6.45) is 0.953. The highest BCUT2D eigenvalue weighted by molar-refractivity contribution is 9.10. The van der Waals surface area contributed by atoms with Crippen LogP contribution in [0.1, 0.15) is 25.0 Å². The molecule has 1 aliphatic rings. The van der Waals surface area contributed by atoms with E-state index in [-0.39, 0.29) is 17.5 Å². The van der Waals surface area contributed by atoms with Gasteiger partial charge in [-0.2, -0.15) is 0 Å². The molecule has 1 atom stereocenters. The molecule has 0 aromatic heterocycles. The second-order valence-corrected chi connectivity index (χ2v) is 7.89. The van der Waals surface area contributed by atoms with Crippen LogP contribution < -0.4 is 9.47 Å². The maximum Gasteiger partial charge on any atom is 0.363 e. The molecule has 0 N–H and O–H groups in total. The van der Waals surface area contributed by atoms with Crippen molar-refractivity contribution in [2.75, 3.05) is 20.7 Å². The lowest BCUT2D eigenvalue weighted by atomic mass is 10.1. The van der Waals surface area contributed by atoms with E-state index in [1.165, 1.54) is 4.90 Å². The van der Waals surface area contributed by atoms with Gasteiger partial charge in [-0.25, -0.2) is 9.79 Å². The van der Waals surface area contributed by atoms with Gasteiger partial charge in [0, 0.05) is 24.1 Å². The maximum atomic E-state index is 12.3. The molecule has 3 rings (SSSR count). The first-order valence-electron chi connectivity index (χ1n) is 9.71. The van der Waals surface area contributed by atoms with E-state index in [2.05, 4.69) is 20.9 Å². The van der Waals surface area contributed by atoms with Crippen LogP contribution in [0.2, 0.25) is 0 Å². The van der Waals surface area contributed by atoms with Crippen LogP contribution in [-0.4, -0.2) is 49.5 Å². The topological polar surface area (TPSA) is 77.4 Å². The number of benzene rings is 2. The molecule has 1 heterocycles. The van der Waals surface area contributed by atoms with Gasteiger partial charge in [0.15, 0.2) is 23.3 Å². The van der Waals surface area contributed by atoms with Crippen molar-refractivity contribution >= 4 is 39.8 Å². The Kier molecular flexibility index (Phi) is 7.12. The van der Waals surface area contributed by atoms with Gasteiger partial charge in [0.2, 0.25) is 5.90 Å². The van der Waals surface area contributed by atoms with Gasteiger partial charge in [-0.15, -0.1) is 0 Å². The fourth-order valence-corrected chi connectivity index (χ4v) is 3.30. The molecule has 0 saturated heterocycles. The Morgan fingerprint density at radius 1 is 1.23 bits per heavy atom. The number of cyclic esters (lactones) is 1. The third kappa shape index (κ3) is 5.52. The lowest BCUT2D eigenvalue weighted by molar-refractivity contribution is -0.135. The summed E-state index contributed by atoms with van der Waals surface area (Å²) in [7, 11) is 3.34. The van der Waals surface area contributed by atoms with Crippen LogP contribution in [0.5, 0.6) is 11.5 Å². The summed E-state index contributed by atoms with van der Waals surface area (Å²) in [5, 5.41) is 0. The van der Waals surface area contributed by atoms with Crippen LogP contribution in [0.15, 0.2) is 57.6 Å². The second kappa shape index (κ2) is 9.78. The predicted octanol–water partition coefficient (Wildman–Crippen LogP) is 4.05. The SMILES string of the molecule is CCOc1cc(/C=C2\N=C(c3cccc(Br)c3)OC2=O)ccc1OC(C)C(=O)N(C)C. The maximum absolute atomic E-state index is 12.3. The van der Waals surface area contributed by atoms with E-state index < -0.39 is 12.1 Å². The highest BCUT2D eigenvalue weighted by Crippen LogP contribution is 2.31. The van der Waals surface area contributed by atoms with Crippen LogP contribution in [0.4, 0.5) is 0 Å². The molecule has 0 spiro atoms. The normalized spacial score (nSPS) is 15.3. The lowest BCUT2D eigenvalue weighted by Gasteiger charge is -2.20. The molecule has 2 aromatic carbocycles. The molecular weight excluding hydrogens is 464 g/mol. The molecule has 0 fully saturated rings. The number of rotatable bonds is 7. The van der Waals surface area contributed by atoms with Crippen LogP contribution >= 0.6 is 15.9 Å². The first-order chi connectivity index (χ1) is 14.8. The Morgan fingerprint density at radius 3 is 2.68 bits per heavy atom. The Morgan fingerprint density at radius 2 is 2.00 bits per heavy atom. The average Bonchev–Trinajstić information content (AvgIpc) is 3.09. The van der Waals surface area contributed by atoms with E-state index in [9.17, 15) is 9.59 Å². The van der Waals surface area contributed by atoms with Crippen molar-refractivity contribution in [3.05, 3.63) is 63.8 Å². The van der Waals surface area contributed by atoms with Gasteiger partial charge < -0.3 is 19.1 Å². The smallest absolute Gasteiger partial charge is 0.363 e. The third-order valence-electron chi connectivity index (χ3n) is 4.36. The van der Waals surface area contributed by atoms with Gasteiger partial charge >= 0.3 is 5.97 Å². The first kappa shape index (κ1) is 22.6. The summed E-state index contributed by atoms with van der Waals surface area (Å²) >= 11 is 3.40. The fraction of sp³-hybridized carbons (Fsp3) is 0.261. The predicted molar refractivity (Wildman–Crippen MR) is 121 cm³/mol. The van der Waals surface area contributed by atoms with E-state index in [1.807, 2.05) is 31.2 Å². The van der Waals surface area contributed by atoms with Gasteiger partial charge in [-0.3, -0.25) is 4.79 Å². The van der Waals surface area contributed by atoms with Crippen molar-refractivity contribution < 1.29 is 23.8 Å². The molecule has 0 saturated carbocycles. The van der Waals surface area contributed by atoms with Gasteiger partial charge in [-0.1, -0.05) is 28.1 Å². The summed E-state index contributed by atoms with van der Waals surface area (Å²) in [6, 6.07) is 12.6. The number of hydrogen-bond donors (Lipinski definition) is 0. The third-order valence-corrected chi connectivity index (χ3v) is 4.85. The second-order valence-electron chi connectivity index (χ2n) is 6.98. The highest BCUT2D eigenvalue weighted by atomic mass is 79.9. The number of carbonyl (C=O) groups is 2.